The molecule has 75 heavy (non-hydrogen) atoms. The van der Waals surface area contributed by atoms with Gasteiger partial charge >= 0.3 is 187 Å². The third kappa shape index (κ3) is 51.6. The zero-order chi connectivity index (χ0) is 57.4. The molecule has 5 aromatic rings. The van der Waals surface area contributed by atoms with Gasteiger partial charge in [0.15, 0.2) is 7.05 Å². The Balaban J connectivity index is -0.000000104. The van der Waals surface area contributed by atoms with E-state index in [1.807, 2.05) is 0 Å². The summed E-state index contributed by atoms with van der Waals surface area (Å²) in [7, 11) is -5.33. The van der Waals surface area contributed by atoms with Gasteiger partial charge in [-0.25, -0.2) is 25.3 Å². The second-order valence-corrected chi connectivity index (χ2v) is 18.7. The summed E-state index contributed by atoms with van der Waals surface area (Å²) in [6, 6.07) is 31.1. The van der Waals surface area contributed by atoms with Gasteiger partial charge in [-0.2, -0.15) is 14.2 Å². The average molecular weight is 1490 g/mol. The van der Waals surface area contributed by atoms with Gasteiger partial charge in [-0.05, 0) is 64.5 Å². The van der Waals surface area contributed by atoms with Gasteiger partial charge in [-0.1, -0.05) is 72.8 Å². The largest absolute Gasteiger partial charge is 1.00 e. The van der Waals surface area contributed by atoms with E-state index in [4.69, 9.17) is 46.8 Å². The molecule has 0 aliphatic rings. The van der Waals surface area contributed by atoms with E-state index < -0.39 is 76.4 Å². The molecule has 0 aliphatic heterocycles. The Morgan fingerprint density at radius 2 is 1.07 bits per heavy atom. The van der Waals surface area contributed by atoms with E-state index in [1.54, 1.807) is 61.5 Å². The van der Waals surface area contributed by atoms with Gasteiger partial charge < -0.3 is 35.8 Å². The Morgan fingerprint density at radius 3 is 1.31 bits per heavy atom. The van der Waals surface area contributed by atoms with Crippen LogP contribution in [0.4, 0.5) is 0 Å². The van der Waals surface area contributed by atoms with Crippen LogP contribution < -0.4 is 98.7 Å². The number of nitrogens with one attached hydrogen (secondary N) is 3. The molecule has 0 spiro atoms. The molecule has 1 radical (unpaired) electrons. The summed E-state index contributed by atoms with van der Waals surface area (Å²) < 4.78 is 97.5. The van der Waals surface area contributed by atoms with Gasteiger partial charge in [0.05, 0.1) is 19.8 Å². The number of sulfone groups is 3. The van der Waals surface area contributed by atoms with Crippen molar-refractivity contribution in [3.8, 4) is 0 Å². The van der Waals surface area contributed by atoms with Crippen LogP contribution in [0.5, 0.6) is 0 Å². The van der Waals surface area contributed by atoms with E-state index in [1.165, 1.54) is 72.8 Å². The van der Waals surface area contributed by atoms with E-state index >= 15 is 0 Å². The number of nitro groups is 2. The Labute approximate surface area is 544 Å². The third-order valence-corrected chi connectivity index (χ3v) is 12.0. The van der Waals surface area contributed by atoms with Gasteiger partial charge in [0.2, 0.25) is 9.84 Å². The van der Waals surface area contributed by atoms with E-state index in [-0.39, 0.29) is 118 Å². The first-order chi connectivity index (χ1) is 33.8. The van der Waals surface area contributed by atoms with Crippen LogP contribution in [0.25, 0.3) is 5.90 Å². The minimum Gasteiger partial charge on any atom is -0.518 e. The van der Waals surface area contributed by atoms with Crippen LogP contribution in [-0.4, -0.2) is 92.3 Å². The molecule has 0 saturated heterocycles. The van der Waals surface area contributed by atoms with Gasteiger partial charge in [-0.3, -0.25) is 29.1 Å². The van der Waals surface area contributed by atoms with Crippen molar-refractivity contribution in [1.29, 1.82) is 10.3 Å². The summed E-state index contributed by atoms with van der Waals surface area (Å²) in [5, 5.41) is 65.6. The standard InChI is InChI=1S/C14H10N2O6S2.C7H7NO4S.C6H6O2S.2CH3NO2.CH3O.B2H2PS.I2.HNO3.2HNPS.3Na/c17-16-14(24(20,21)12-9-5-2-6-10-12)13(15-22-16)23(18,19)11-7-3-1-4-8-11;9-8(10)6-13(11,12)7-4-2-1-3-5-7;7-9(8)6-4-2-1-3-5-6;1-3-4-2;1-2(3)4;1-2;3-1-2-4;1-2;2-1(3)4;2*1-2-3;;;/h1-10H;1-5H,6H2;1-5H,(H,7,8);2H,1H2;1H3;1H3;3H2;;(H,2,3,4);2*1H;;;/q;;;-2;;-1;;;;5*+1/p-1. The van der Waals surface area contributed by atoms with Crippen molar-refractivity contribution in [3.05, 3.63) is 170 Å². The van der Waals surface area contributed by atoms with Gasteiger partial charge in [0.1, 0.15) is 0 Å². The van der Waals surface area contributed by atoms with Crippen molar-refractivity contribution >= 4 is 150 Å². The van der Waals surface area contributed by atoms with Crippen molar-refractivity contribution in [3.63, 3.8) is 0 Å². The summed E-state index contributed by atoms with van der Waals surface area (Å²) in [5.74, 6) is 4.61. The number of hydrogen-bond acceptors (Lipinski definition) is 25. The topological polar surface area (TPSA) is 458 Å². The maximum absolute atomic E-state index is 12.6. The second kappa shape index (κ2) is 61.4. The predicted octanol–water partition coefficient (Wildman–Crippen LogP) is -2.88. The Morgan fingerprint density at radius 1 is 0.800 bits per heavy atom. The van der Waals surface area contributed by atoms with Crippen molar-refractivity contribution in [2.45, 2.75) is 29.6 Å². The average Bonchev–Trinajstić information content (AvgIpc) is 3.77. The summed E-state index contributed by atoms with van der Waals surface area (Å²) in [4.78, 5) is 31.9. The SMILES string of the molecule is C[N+](=O)[O-].C[O-].II.N=[P+]=S.N=[P+]=S.O=S(=O)(c1ccccc1)c1no[n+]([O-])c1S(=O)(=O)c1ccccc1.O=S([O-])c1ccccc1.O=[N+]([O-])CS(=O)(=O)c1ccccc1.O=[N+]([O-])O.P[B]B=S.[CH2-]OO[NH-].[Na+].[Na+].[Na+]. The van der Waals surface area contributed by atoms with Gasteiger partial charge in [-0.15, -0.1) is 10.1 Å². The first-order valence-electron chi connectivity index (χ1n) is 16.7. The minimum absolute atomic E-state index is 0. The summed E-state index contributed by atoms with van der Waals surface area (Å²) in [6.45, 7) is 1.73. The monoisotopic (exact) mass is 1490 g/mol. The molecule has 0 amide bonds. The molecule has 0 aliphatic carbocycles. The quantitative estimate of drug-likeness (QED) is 0.0145. The fourth-order valence-electron chi connectivity index (χ4n) is 3.40. The Kier molecular flexibility index (Phi) is 77.0. The molecule has 28 nitrogen and oxygen atoms in total. The number of halogens is 2. The molecule has 0 fully saturated rings. The Bertz CT molecular complexity index is 2680. The second-order valence-electron chi connectivity index (χ2n) is 10.0. The molecule has 1 heterocycles. The maximum Gasteiger partial charge on any atom is 1.00 e. The predicted molar refractivity (Wildman–Crippen MR) is 289 cm³/mol. The zero-order valence-corrected chi connectivity index (χ0v) is 58.1. The number of hydrogen-bond donors (Lipinski definition) is 3. The van der Waals surface area contributed by atoms with Crippen LogP contribution in [0.2, 0.25) is 0 Å². The molecule has 4 aromatic carbocycles. The van der Waals surface area contributed by atoms with Crippen LogP contribution in [-0.2, 0) is 74.1 Å². The van der Waals surface area contributed by atoms with Crippen LogP contribution in [0.1, 0.15) is 0 Å². The van der Waals surface area contributed by atoms with Crippen molar-refractivity contribution in [2.24, 2.45) is 0 Å². The molecule has 5 rings (SSSR count). The first-order valence-corrected chi connectivity index (χ1v) is 33.7. The molecule has 4 N–H and O–H groups in total. The van der Waals surface area contributed by atoms with Gasteiger partial charge in [0, 0.05) is 52.0 Å². The van der Waals surface area contributed by atoms with Gasteiger partial charge in [0.25, 0.3) is 24.8 Å². The van der Waals surface area contributed by atoms with E-state index in [0.29, 0.717) is 4.90 Å². The number of benzene rings is 4. The van der Waals surface area contributed by atoms with E-state index in [9.17, 15) is 49.3 Å². The summed E-state index contributed by atoms with van der Waals surface area (Å²) >= 11 is 14.6. The van der Waals surface area contributed by atoms with Crippen molar-refractivity contribution in [1.82, 2.24) is 5.16 Å². The maximum atomic E-state index is 12.6. The van der Waals surface area contributed by atoms with Crippen molar-refractivity contribution in [2.75, 3.05) is 20.0 Å². The van der Waals surface area contributed by atoms with Crippen LogP contribution in [0.3, 0.4) is 0 Å². The van der Waals surface area contributed by atoms with E-state index in [2.05, 4.69) is 109 Å². The third-order valence-electron chi connectivity index (χ3n) is 5.61. The Hall–Kier alpha value is -0.240. The number of nitrogens with zero attached hydrogens (tertiary/aromatic N) is 5. The summed E-state index contributed by atoms with van der Waals surface area (Å²) in [6.07, 6.45) is 0. The molecular weight excluding hydrogens is 1450 g/mol. The zero-order valence-electron chi connectivity index (χ0n) is 39.1. The van der Waals surface area contributed by atoms with Crippen LogP contribution in [0, 0.1) is 53.0 Å². The van der Waals surface area contributed by atoms with Crippen LogP contribution in [0.15, 0.2) is 156 Å². The fourth-order valence-corrected chi connectivity index (χ4v) is 7.85. The molecule has 395 valence electrons. The minimum atomic E-state index is -4.43. The normalized spacial score (nSPS) is 9.13. The molecule has 2 atom stereocenters. The first kappa shape index (κ1) is 94.1. The number of rotatable bonds is 10. The molecule has 0 bridgehead atoms. The number of aromatic nitrogens is 2. The molecule has 1 aromatic heterocycles. The molecular formula is C30H36B2I2N8Na3O20P3S7+. The fraction of sp³-hybridized carbons (Fsp3) is 0.100. The van der Waals surface area contributed by atoms with E-state index in [0.717, 1.165) is 14.2 Å². The molecule has 45 heteroatoms. The van der Waals surface area contributed by atoms with Crippen molar-refractivity contribution < 1.29 is 167 Å². The molecule has 2 unspecified atom stereocenters. The molecule has 0 saturated carbocycles. The smallest absolute Gasteiger partial charge is 0.518 e. The summed E-state index contributed by atoms with van der Waals surface area (Å²) in [5.41, 5.74) is 0. The van der Waals surface area contributed by atoms with Crippen LogP contribution >= 0.6 is 72.7 Å².